The van der Waals surface area contributed by atoms with Crippen LogP contribution in [-0.4, -0.2) is 43.6 Å². The Kier molecular flexibility index (Phi) is 6.72. The summed E-state index contributed by atoms with van der Waals surface area (Å²) in [5.41, 5.74) is 0.668. The molecule has 134 valence electrons. The van der Waals surface area contributed by atoms with Crippen molar-refractivity contribution in [1.82, 2.24) is 20.4 Å². The monoisotopic (exact) mass is 423 g/mol. The molecule has 0 aliphatic heterocycles. The van der Waals surface area contributed by atoms with Crippen LogP contribution in [0.15, 0.2) is 39.0 Å². The molecule has 11 heteroatoms. The molecule has 0 aliphatic rings. The molecule has 1 aromatic carbocycles. The van der Waals surface area contributed by atoms with Gasteiger partial charge in [0.2, 0.25) is 11.0 Å². The first-order chi connectivity index (χ1) is 12.6. The number of carbonyl (C=O) groups excluding carboxylic acids is 2. The van der Waals surface area contributed by atoms with E-state index in [2.05, 4.69) is 25.7 Å². The van der Waals surface area contributed by atoms with Gasteiger partial charge in [0.15, 0.2) is 14.5 Å². The van der Waals surface area contributed by atoms with Crippen molar-refractivity contribution in [3.8, 4) is 0 Å². The van der Waals surface area contributed by atoms with Gasteiger partial charge in [-0.15, -0.1) is 20.4 Å². The third kappa shape index (κ3) is 5.59. The number of ketones is 1. The lowest BCUT2D eigenvalue weighted by Crippen LogP contribution is -2.13. The largest absolute Gasteiger partial charge is 0.300 e. The summed E-state index contributed by atoms with van der Waals surface area (Å²) in [5.74, 6) is 0.346. The second kappa shape index (κ2) is 9.21. The van der Waals surface area contributed by atoms with Crippen molar-refractivity contribution >= 4 is 63.0 Å². The highest BCUT2D eigenvalue weighted by Crippen LogP contribution is 2.27. The van der Waals surface area contributed by atoms with Crippen LogP contribution >= 0.6 is 46.2 Å². The number of nitrogens with zero attached hydrogens (tertiary/aromatic N) is 4. The Bertz CT molecular complexity index is 896. The summed E-state index contributed by atoms with van der Waals surface area (Å²) >= 11 is 5.33. The van der Waals surface area contributed by atoms with E-state index in [9.17, 15) is 9.59 Å². The summed E-state index contributed by atoms with van der Waals surface area (Å²) in [6.07, 6.45) is 0. The molecule has 0 bridgehead atoms. The van der Waals surface area contributed by atoms with Crippen molar-refractivity contribution in [2.45, 2.75) is 15.6 Å². The Labute approximate surface area is 166 Å². The van der Waals surface area contributed by atoms with E-state index in [0.717, 1.165) is 9.35 Å². The van der Waals surface area contributed by atoms with Crippen LogP contribution in [0.1, 0.15) is 15.4 Å². The molecule has 0 aliphatic carbocycles. The lowest BCUT2D eigenvalue weighted by atomic mass is 10.2. The van der Waals surface area contributed by atoms with Gasteiger partial charge in [-0.05, 0) is 6.92 Å². The molecule has 7 nitrogen and oxygen atoms in total. The second-order valence-corrected chi connectivity index (χ2v) is 9.48. The molecule has 0 saturated heterocycles. The number of hydrogen-bond acceptors (Lipinski definition) is 10. The first-order valence-corrected chi connectivity index (χ1v) is 11.0. The van der Waals surface area contributed by atoms with Crippen molar-refractivity contribution in [1.29, 1.82) is 0 Å². The number of Topliss-reactive ketones (excluding diaryl/α,β-unsaturated/α-hetero) is 1. The Hall–Kier alpha value is -1.82. The quantitative estimate of drug-likeness (QED) is 0.334. The average Bonchev–Trinajstić information content (AvgIpc) is 3.27. The van der Waals surface area contributed by atoms with Gasteiger partial charge in [-0.3, -0.25) is 14.9 Å². The maximum Gasteiger partial charge on any atom is 0.236 e. The fourth-order valence-electron chi connectivity index (χ4n) is 1.77. The fraction of sp³-hybridized carbons (Fsp3) is 0.200. The summed E-state index contributed by atoms with van der Waals surface area (Å²) in [7, 11) is 0. The molecule has 0 radical (unpaired) electrons. The summed E-state index contributed by atoms with van der Waals surface area (Å²) in [4.78, 5) is 24.0. The van der Waals surface area contributed by atoms with E-state index in [1.165, 1.54) is 46.2 Å². The molecule has 1 N–H and O–H groups in total. The van der Waals surface area contributed by atoms with Gasteiger partial charge in [-0.25, -0.2) is 0 Å². The zero-order valence-corrected chi connectivity index (χ0v) is 16.8. The third-order valence-corrected chi connectivity index (χ3v) is 6.85. The van der Waals surface area contributed by atoms with Crippen LogP contribution in [0.5, 0.6) is 0 Å². The molecule has 0 atom stereocenters. The lowest BCUT2D eigenvalue weighted by molar-refractivity contribution is -0.113. The van der Waals surface area contributed by atoms with Crippen LogP contribution in [0.2, 0.25) is 0 Å². The predicted molar refractivity (Wildman–Crippen MR) is 105 cm³/mol. The standard InChI is InChI=1S/C15H13N5O2S4/c1-9-17-19-14(25-9)24-8-12(22)16-13-18-20-15(26-13)23-7-11(21)10-5-3-2-4-6-10/h2-6H,7-8H2,1H3,(H,16,18,22). The summed E-state index contributed by atoms with van der Waals surface area (Å²) < 4.78 is 1.39. The van der Waals surface area contributed by atoms with E-state index in [4.69, 9.17) is 0 Å². The molecule has 3 aromatic rings. The summed E-state index contributed by atoms with van der Waals surface area (Å²) in [5, 5.41) is 19.8. The minimum Gasteiger partial charge on any atom is -0.300 e. The number of aryl methyl sites for hydroxylation is 1. The van der Waals surface area contributed by atoms with Gasteiger partial charge in [0.25, 0.3) is 0 Å². The SMILES string of the molecule is Cc1nnc(SCC(=O)Nc2nnc(SCC(=O)c3ccccc3)s2)s1. The second-order valence-electron chi connectivity index (χ2n) is 4.87. The van der Waals surface area contributed by atoms with Crippen molar-refractivity contribution in [2.75, 3.05) is 16.8 Å². The van der Waals surface area contributed by atoms with Crippen LogP contribution in [-0.2, 0) is 4.79 Å². The Balaban J connectivity index is 1.45. The average molecular weight is 424 g/mol. The highest BCUT2D eigenvalue weighted by atomic mass is 32.2. The third-order valence-electron chi connectivity index (χ3n) is 2.91. The maximum atomic E-state index is 12.1. The zero-order chi connectivity index (χ0) is 18.4. The van der Waals surface area contributed by atoms with Crippen LogP contribution in [0.25, 0.3) is 0 Å². The predicted octanol–water partition coefficient (Wildman–Crippen LogP) is 3.40. The van der Waals surface area contributed by atoms with E-state index >= 15 is 0 Å². The molecular weight excluding hydrogens is 410 g/mol. The first kappa shape index (κ1) is 19.0. The number of thioether (sulfide) groups is 2. The maximum absolute atomic E-state index is 12.1. The molecular formula is C15H13N5O2S4. The molecule has 2 heterocycles. The van der Waals surface area contributed by atoms with E-state index in [1.807, 2.05) is 25.1 Å². The Morgan fingerprint density at radius 1 is 0.962 bits per heavy atom. The van der Waals surface area contributed by atoms with E-state index in [1.54, 1.807) is 12.1 Å². The number of nitrogens with one attached hydrogen (secondary N) is 1. The molecule has 2 aromatic heterocycles. The Morgan fingerprint density at radius 3 is 2.38 bits per heavy atom. The fourth-order valence-corrected chi connectivity index (χ4v) is 5.05. The van der Waals surface area contributed by atoms with Gasteiger partial charge in [0.05, 0.1) is 11.5 Å². The highest BCUT2D eigenvalue weighted by Gasteiger charge is 2.12. The van der Waals surface area contributed by atoms with Crippen molar-refractivity contribution < 1.29 is 9.59 Å². The van der Waals surface area contributed by atoms with Crippen molar-refractivity contribution in [2.24, 2.45) is 0 Å². The van der Waals surface area contributed by atoms with Gasteiger partial charge in [-0.1, -0.05) is 76.5 Å². The van der Waals surface area contributed by atoms with Crippen LogP contribution < -0.4 is 5.32 Å². The topological polar surface area (TPSA) is 97.7 Å². The Morgan fingerprint density at radius 2 is 1.65 bits per heavy atom. The molecule has 3 rings (SSSR count). The number of carbonyl (C=O) groups is 2. The van der Waals surface area contributed by atoms with Crippen molar-refractivity contribution in [3.63, 3.8) is 0 Å². The first-order valence-electron chi connectivity index (χ1n) is 7.37. The number of rotatable bonds is 8. The van der Waals surface area contributed by atoms with Crippen molar-refractivity contribution in [3.05, 3.63) is 40.9 Å². The van der Waals surface area contributed by atoms with Crippen LogP contribution in [0.3, 0.4) is 0 Å². The lowest BCUT2D eigenvalue weighted by Gasteiger charge is -1.99. The van der Waals surface area contributed by atoms with E-state index < -0.39 is 0 Å². The van der Waals surface area contributed by atoms with Crippen LogP contribution in [0, 0.1) is 6.92 Å². The normalized spacial score (nSPS) is 10.7. The molecule has 0 saturated carbocycles. The molecule has 0 fully saturated rings. The van der Waals surface area contributed by atoms with Gasteiger partial charge in [-0.2, -0.15) is 0 Å². The van der Waals surface area contributed by atoms with Crippen LogP contribution in [0.4, 0.5) is 5.13 Å². The summed E-state index contributed by atoms with van der Waals surface area (Å²) in [6, 6.07) is 9.10. The minimum atomic E-state index is -0.184. The number of anilines is 1. The molecule has 26 heavy (non-hydrogen) atoms. The molecule has 1 amide bonds. The van der Waals surface area contributed by atoms with Gasteiger partial charge < -0.3 is 0 Å². The summed E-state index contributed by atoms with van der Waals surface area (Å²) in [6.45, 7) is 1.87. The smallest absolute Gasteiger partial charge is 0.236 e. The minimum absolute atomic E-state index is 0.0279. The van der Waals surface area contributed by atoms with Gasteiger partial charge in [0.1, 0.15) is 5.01 Å². The van der Waals surface area contributed by atoms with Gasteiger partial charge >= 0.3 is 0 Å². The number of benzene rings is 1. The van der Waals surface area contributed by atoms with E-state index in [0.29, 0.717) is 15.0 Å². The number of hydrogen-bond donors (Lipinski definition) is 1. The number of aromatic nitrogens is 4. The van der Waals surface area contributed by atoms with E-state index in [-0.39, 0.29) is 23.2 Å². The molecule has 0 unspecified atom stereocenters. The number of amides is 1. The van der Waals surface area contributed by atoms with Gasteiger partial charge in [0, 0.05) is 5.56 Å². The molecule has 0 spiro atoms. The highest BCUT2D eigenvalue weighted by molar-refractivity contribution is 8.02. The zero-order valence-electron chi connectivity index (χ0n) is 13.5.